The van der Waals surface area contributed by atoms with Gasteiger partial charge in [-0.05, 0) is 37.6 Å². The Morgan fingerprint density at radius 3 is 2.30 bits per heavy atom. The molecule has 1 atom stereocenters. The number of urea groups is 1. The normalized spacial score (nSPS) is 11.5. The zero-order valence-electron chi connectivity index (χ0n) is 15.4. The highest BCUT2D eigenvalue weighted by atomic mass is 16.2. The molecule has 4 amide bonds. The highest BCUT2D eigenvalue weighted by molar-refractivity contribution is 5.99. The summed E-state index contributed by atoms with van der Waals surface area (Å²) in [6.45, 7) is 3.69. The first kappa shape index (κ1) is 20.0. The van der Waals surface area contributed by atoms with Crippen molar-refractivity contribution in [2.24, 2.45) is 5.73 Å². The number of carbonyl (C=O) groups is 3. The molecule has 0 aromatic heterocycles. The molecule has 5 N–H and O–H groups in total. The molecule has 0 aliphatic heterocycles. The van der Waals surface area contributed by atoms with E-state index in [-0.39, 0.29) is 12.1 Å². The fraction of sp³-hybridized carbons (Fsp3) is 0.250. The first-order valence-corrected chi connectivity index (χ1v) is 8.67. The van der Waals surface area contributed by atoms with Crippen LogP contribution in [0.3, 0.4) is 0 Å². The Kier molecular flexibility index (Phi) is 6.93. The number of hydrogen-bond acceptors (Lipinski definition) is 3. The minimum absolute atomic E-state index is 0.00853. The Bertz CT molecular complexity index is 806. The topological polar surface area (TPSA) is 113 Å². The minimum Gasteiger partial charge on any atom is -0.368 e. The van der Waals surface area contributed by atoms with Gasteiger partial charge in [0.05, 0.1) is 0 Å². The van der Waals surface area contributed by atoms with Crippen molar-refractivity contribution in [3.63, 3.8) is 0 Å². The Hall–Kier alpha value is -3.35. The Labute approximate surface area is 158 Å². The summed E-state index contributed by atoms with van der Waals surface area (Å²) < 4.78 is 0. The summed E-state index contributed by atoms with van der Waals surface area (Å²) in [5.74, 6) is -1.06. The van der Waals surface area contributed by atoms with Crippen molar-refractivity contribution >= 4 is 23.5 Å². The summed E-state index contributed by atoms with van der Waals surface area (Å²) >= 11 is 0. The van der Waals surface area contributed by atoms with Crippen LogP contribution in [0, 0.1) is 0 Å². The zero-order valence-corrected chi connectivity index (χ0v) is 15.4. The number of amides is 4. The number of anilines is 1. The fourth-order valence-electron chi connectivity index (χ4n) is 2.48. The molecule has 0 aliphatic rings. The number of benzene rings is 2. The van der Waals surface area contributed by atoms with Crippen LogP contribution in [-0.4, -0.2) is 29.9 Å². The van der Waals surface area contributed by atoms with Gasteiger partial charge in [0.2, 0.25) is 5.91 Å². The lowest BCUT2D eigenvalue weighted by Crippen LogP contribution is -2.45. The third-order valence-electron chi connectivity index (χ3n) is 3.73. The van der Waals surface area contributed by atoms with Crippen molar-refractivity contribution in [1.82, 2.24) is 10.6 Å². The zero-order chi connectivity index (χ0) is 19.8. The molecule has 1 unspecified atom stereocenters. The average molecular weight is 368 g/mol. The Balaban J connectivity index is 2.06. The molecule has 0 radical (unpaired) electrons. The molecule has 7 nitrogen and oxygen atoms in total. The van der Waals surface area contributed by atoms with Gasteiger partial charge >= 0.3 is 6.03 Å². The van der Waals surface area contributed by atoms with Gasteiger partial charge in [0.1, 0.15) is 6.04 Å². The summed E-state index contributed by atoms with van der Waals surface area (Å²) in [6, 6.07) is 14.6. The average Bonchev–Trinajstić information content (AvgIpc) is 2.61. The highest BCUT2D eigenvalue weighted by Crippen LogP contribution is 2.11. The number of carbonyl (C=O) groups excluding carboxylic acids is 3. The monoisotopic (exact) mass is 368 g/mol. The minimum atomic E-state index is -0.833. The molecule has 142 valence electrons. The second kappa shape index (κ2) is 9.38. The summed E-state index contributed by atoms with van der Waals surface area (Å²) in [5, 5.41) is 8.02. The molecule has 0 spiro atoms. The van der Waals surface area contributed by atoms with E-state index in [4.69, 9.17) is 5.73 Å². The molecule has 0 aliphatic carbocycles. The van der Waals surface area contributed by atoms with E-state index < -0.39 is 17.9 Å². The standard InChI is InChI=1S/C20H24N4O3/c1-13(2)22-20(27)23-16-10-6-9-15(12-16)19(26)24-17(18(21)25)11-14-7-4-3-5-8-14/h3-10,12-13,17H,11H2,1-2H3,(H2,21,25)(H,24,26)(H2,22,23,27). The maximum atomic E-state index is 12.5. The predicted molar refractivity (Wildman–Crippen MR) is 104 cm³/mol. The van der Waals surface area contributed by atoms with Gasteiger partial charge < -0.3 is 21.7 Å². The van der Waals surface area contributed by atoms with Gasteiger partial charge in [-0.2, -0.15) is 0 Å². The van der Waals surface area contributed by atoms with Crippen LogP contribution in [0.25, 0.3) is 0 Å². The lowest BCUT2D eigenvalue weighted by Gasteiger charge is -2.16. The first-order chi connectivity index (χ1) is 12.8. The van der Waals surface area contributed by atoms with Gasteiger partial charge in [0, 0.05) is 23.7 Å². The van der Waals surface area contributed by atoms with Crippen LogP contribution in [0.5, 0.6) is 0 Å². The van der Waals surface area contributed by atoms with Gasteiger partial charge in [-0.3, -0.25) is 9.59 Å². The van der Waals surface area contributed by atoms with Crippen molar-refractivity contribution in [3.05, 3.63) is 65.7 Å². The Morgan fingerprint density at radius 2 is 1.67 bits per heavy atom. The molecule has 0 heterocycles. The van der Waals surface area contributed by atoms with Crippen molar-refractivity contribution in [3.8, 4) is 0 Å². The molecule has 0 saturated carbocycles. The lowest BCUT2D eigenvalue weighted by molar-refractivity contribution is -0.119. The number of nitrogens with two attached hydrogens (primary N) is 1. The number of hydrogen-bond donors (Lipinski definition) is 4. The second-order valence-electron chi connectivity index (χ2n) is 6.45. The molecule has 27 heavy (non-hydrogen) atoms. The van der Waals surface area contributed by atoms with Crippen molar-refractivity contribution in [1.29, 1.82) is 0 Å². The van der Waals surface area contributed by atoms with Gasteiger partial charge in [-0.25, -0.2) is 4.79 Å². The van der Waals surface area contributed by atoms with Gasteiger partial charge in [-0.1, -0.05) is 36.4 Å². The molecule has 0 bridgehead atoms. The maximum absolute atomic E-state index is 12.5. The maximum Gasteiger partial charge on any atom is 0.319 e. The highest BCUT2D eigenvalue weighted by Gasteiger charge is 2.19. The summed E-state index contributed by atoms with van der Waals surface area (Å²) in [5.41, 5.74) is 7.11. The quantitative estimate of drug-likeness (QED) is 0.600. The van der Waals surface area contributed by atoms with E-state index in [2.05, 4.69) is 16.0 Å². The fourth-order valence-corrected chi connectivity index (χ4v) is 2.48. The van der Waals surface area contributed by atoms with E-state index in [0.29, 0.717) is 17.7 Å². The van der Waals surface area contributed by atoms with E-state index in [1.807, 2.05) is 44.2 Å². The molecule has 0 fully saturated rings. The Morgan fingerprint density at radius 1 is 0.963 bits per heavy atom. The van der Waals surface area contributed by atoms with Crippen molar-refractivity contribution in [2.45, 2.75) is 32.4 Å². The van der Waals surface area contributed by atoms with E-state index in [1.54, 1.807) is 18.2 Å². The third-order valence-corrected chi connectivity index (χ3v) is 3.73. The van der Waals surface area contributed by atoms with Crippen LogP contribution in [0.1, 0.15) is 29.8 Å². The number of nitrogens with one attached hydrogen (secondary N) is 3. The van der Waals surface area contributed by atoms with Crippen LogP contribution in [0.2, 0.25) is 0 Å². The van der Waals surface area contributed by atoms with Crippen LogP contribution >= 0.6 is 0 Å². The van der Waals surface area contributed by atoms with E-state index in [9.17, 15) is 14.4 Å². The number of primary amides is 1. The summed E-state index contributed by atoms with van der Waals surface area (Å²) in [6.07, 6.45) is 0.302. The molecule has 0 saturated heterocycles. The second-order valence-corrected chi connectivity index (χ2v) is 6.45. The van der Waals surface area contributed by atoms with E-state index in [0.717, 1.165) is 5.56 Å². The molecular weight excluding hydrogens is 344 g/mol. The van der Waals surface area contributed by atoms with Crippen molar-refractivity contribution < 1.29 is 14.4 Å². The first-order valence-electron chi connectivity index (χ1n) is 8.67. The van der Waals surface area contributed by atoms with Gasteiger partial charge in [0.15, 0.2) is 0 Å². The smallest absolute Gasteiger partial charge is 0.319 e. The van der Waals surface area contributed by atoms with Crippen molar-refractivity contribution in [2.75, 3.05) is 5.32 Å². The SMILES string of the molecule is CC(C)NC(=O)Nc1cccc(C(=O)NC(Cc2ccccc2)C(N)=O)c1. The predicted octanol–water partition coefficient (Wildman–Crippen LogP) is 2.04. The van der Waals surface area contributed by atoms with Crippen LogP contribution in [-0.2, 0) is 11.2 Å². The summed E-state index contributed by atoms with van der Waals surface area (Å²) in [7, 11) is 0. The molecule has 7 heteroatoms. The van der Waals surface area contributed by atoms with E-state index >= 15 is 0 Å². The van der Waals surface area contributed by atoms with Crippen LogP contribution in [0.4, 0.5) is 10.5 Å². The molecule has 2 aromatic carbocycles. The van der Waals surface area contributed by atoms with Crippen LogP contribution < -0.4 is 21.7 Å². The van der Waals surface area contributed by atoms with Gasteiger partial charge in [0.25, 0.3) is 5.91 Å². The van der Waals surface area contributed by atoms with Gasteiger partial charge in [-0.15, -0.1) is 0 Å². The number of rotatable bonds is 7. The lowest BCUT2D eigenvalue weighted by atomic mass is 10.0. The van der Waals surface area contributed by atoms with Crippen LogP contribution in [0.15, 0.2) is 54.6 Å². The molecule has 2 rings (SSSR count). The molecule has 2 aromatic rings. The van der Waals surface area contributed by atoms with E-state index in [1.165, 1.54) is 6.07 Å². The molecular formula is C20H24N4O3. The third kappa shape index (κ3) is 6.47. The summed E-state index contributed by atoms with van der Waals surface area (Å²) in [4.78, 5) is 36.0. The largest absolute Gasteiger partial charge is 0.368 e.